The van der Waals surface area contributed by atoms with Crippen molar-refractivity contribution in [2.45, 2.75) is 76.5 Å². The Labute approximate surface area is 263 Å². The molecule has 234 valence electrons. The van der Waals surface area contributed by atoms with E-state index < -0.39 is 30.1 Å². The standard InChI is InChI=1S/C32H41Cl2N3O6/c1-37(17-16-23-10-6-12-25(33)18-23)29(38)15-14-27(31(40)42-2)35-30(39)28(20-22-8-4-3-5-9-22)36-32(41)43-21-24-11-7-13-26(34)19-24/h6-7,10-13,18-19,22,27-28H,3-5,8-9,14-17,20-21H2,1-2H3,(H,35,39)(H,36,41)/t27-,28-/m0/s1. The Morgan fingerprint density at radius 3 is 2.23 bits per heavy atom. The number of rotatable bonds is 14. The van der Waals surface area contributed by atoms with E-state index in [2.05, 4.69) is 10.6 Å². The molecule has 0 heterocycles. The molecule has 3 amide bonds. The molecule has 9 nitrogen and oxygen atoms in total. The number of likely N-dealkylation sites (N-methyl/N-ethyl adjacent to an activating group) is 1. The molecular weight excluding hydrogens is 593 g/mol. The largest absolute Gasteiger partial charge is 0.467 e. The van der Waals surface area contributed by atoms with Gasteiger partial charge in [-0.2, -0.15) is 0 Å². The zero-order valence-electron chi connectivity index (χ0n) is 24.8. The van der Waals surface area contributed by atoms with E-state index in [9.17, 15) is 19.2 Å². The van der Waals surface area contributed by atoms with E-state index in [1.54, 1.807) is 42.3 Å². The molecule has 1 aliphatic carbocycles. The van der Waals surface area contributed by atoms with Gasteiger partial charge in [-0.05, 0) is 60.6 Å². The van der Waals surface area contributed by atoms with Gasteiger partial charge in [-0.25, -0.2) is 9.59 Å². The normalized spacial score (nSPS) is 14.7. The van der Waals surface area contributed by atoms with Gasteiger partial charge >= 0.3 is 12.1 Å². The molecule has 1 fully saturated rings. The number of carbonyl (C=O) groups is 4. The van der Waals surface area contributed by atoms with Gasteiger partial charge in [-0.15, -0.1) is 0 Å². The molecule has 0 unspecified atom stereocenters. The number of benzene rings is 2. The third kappa shape index (κ3) is 12.1. The first-order chi connectivity index (χ1) is 20.6. The molecule has 11 heteroatoms. The van der Waals surface area contributed by atoms with Gasteiger partial charge in [-0.1, -0.05) is 79.6 Å². The zero-order valence-corrected chi connectivity index (χ0v) is 26.3. The predicted octanol–water partition coefficient (Wildman–Crippen LogP) is 5.70. The summed E-state index contributed by atoms with van der Waals surface area (Å²) in [5, 5.41) is 6.56. The second-order valence-electron chi connectivity index (χ2n) is 11.0. The quantitative estimate of drug-likeness (QED) is 0.258. The van der Waals surface area contributed by atoms with E-state index in [-0.39, 0.29) is 31.3 Å². The van der Waals surface area contributed by atoms with Crippen LogP contribution in [0.15, 0.2) is 48.5 Å². The highest BCUT2D eigenvalue weighted by molar-refractivity contribution is 6.30. The summed E-state index contributed by atoms with van der Waals surface area (Å²) < 4.78 is 10.3. The van der Waals surface area contributed by atoms with Crippen molar-refractivity contribution < 1.29 is 28.7 Å². The number of halogens is 2. The molecule has 0 saturated heterocycles. The van der Waals surface area contributed by atoms with E-state index in [1.165, 1.54) is 7.11 Å². The second kappa shape index (κ2) is 17.7. The summed E-state index contributed by atoms with van der Waals surface area (Å²) in [6, 6.07) is 12.4. The average Bonchev–Trinajstić information content (AvgIpc) is 3.00. The monoisotopic (exact) mass is 633 g/mol. The van der Waals surface area contributed by atoms with Crippen molar-refractivity contribution in [2.24, 2.45) is 5.92 Å². The Balaban J connectivity index is 1.59. The number of nitrogens with one attached hydrogen (secondary N) is 2. The van der Waals surface area contributed by atoms with Gasteiger partial charge in [0.05, 0.1) is 7.11 Å². The van der Waals surface area contributed by atoms with Crippen molar-refractivity contribution in [2.75, 3.05) is 20.7 Å². The molecule has 3 rings (SSSR count). The molecule has 1 aliphatic rings. The molecule has 0 aromatic heterocycles. The molecule has 2 aromatic rings. The van der Waals surface area contributed by atoms with Crippen LogP contribution in [-0.4, -0.2) is 61.6 Å². The topological polar surface area (TPSA) is 114 Å². The van der Waals surface area contributed by atoms with Crippen molar-refractivity contribution in [3.63, 3.8) is 0 Å². The summed E-state index contributed by atoms with van der Waals surface area (Å²) in [5.41, 5.74) is 1.72. The number of esters is 1. The smallest absolute Gasteiger partial charge is 0.408 e. The Hall–Kier alpha value is -3.30. The fourth-order valence-corrected chi connectivity index (χ4v) is 5.61. The highest BCUT2D eigenvalue weighted by atomic mass is 35.5. The Kier molecular flexibility index (Phi) is 14.1. The fourth-order valence-electron chi connectivity index (χ4n) is 5.18. The minimum absolute atomic E-state index is 0.0120. The number of ether oxygens (including phenoxy) is 2. The van der Waals surface area contributed by atoms with Crippen LogP contribution in [0.2, 0.25) is 10.0 Å². The van der Waals surface area contributed by atoms with E-state index in [0.717, 1.165) is 37.7 Å². The van der Waals surface area contributed by atoms with Crippen molar-refractivity contribution in [1.29, 1.82) is 0 Å². The number of carbonyl (C=O) groups excluding carboxylic acids is 4. The summed E-state index contributed by atoms with van der Waals surface area (Å²) in [6.45, 7) is 0.459. The van der Waals surface area contributed by atoms with Gasteiger partial charge in [0.15, 0.2) is 0 Å². The third-order valence-electron chi connectivity index (χ3n) is 7.66. The first kappa shape index (κ1) is 34.2. The molecule has 2 atom stereocenters. The fraction of sp³-hybridized carbons (Fsp3) is 0.500. The van der Waals surface area contributed by atoms with Gasteiger partial charge in [0.2, 0.25) is 11.8 Å². The lowest BCUT2D eigenvalue weighted by atomic mass is 9.84. The molecule has 0 bridgehead atoms. The lowest BCUT2D eigenvalue weighted by molar-refractivity contribution is -0.145. The van der Waals surface area contributed by atoms with Crippen LogP contribution in [0.1, 0.15) is 62.5 Å². The van der Waals surface area contributed by atoms with Crippen LogP contribution in [0.5, 0.6) is 0 Å². The number of amides is 3. The summed E-state index contributed by atoms with van der Waals surface area (Å²) in [5.74, 6) is -1.11. The number of nitrogens with zero attached hydrogens (tertiary/aromatic N) is 1. The van der Waals surface area contributed by atoms with Crippen LogP contribution >= 0.6 is 23.2 Å². The predicted molar refractivity (Wildman–Crippen MR) is 166 cm³/mol. The van der Waals surface area contributed by atoms with Crippen molar-refractivity contribution in [1.82, 2.24) is 15.5 Å². The van der Waals surface area contributed by atoms with E-state index in [0.29, 0.717) is 35.0 Å². The van der Waals surface area contributed by atoms with Gasteiger partial charge in [0.25, 0.3) is 0 Å². The Morgan fingerprint density at radius 1 is 0.930 bits per heavy atom. The summed E-state index contributed by atoms with van der Waals surface area (Å²) in [6.07, 6.45) is 5.56. The van der Waals surface area contributed by atoms with Crippen molar-refractivity contribution in [3.8, 4) is 0 Å². The lowest BCUT2D eigenvalue weighted by Crippen LogP contribution is -2.52. The molecule has 2 N–H and O–H groups in total. The van der Waals surface area contributed by atoms with Gasteiger partial charge in [-0.3, -0.25) is 9.59 Å². The summed E-state index contributed by atoms with van der Waals surface area (Å²) >= 11 is 12.1. The minimum Gasteiger partial charge on any atom is -0.467 e. The molecule has 0 aliphatic heterocycles. The SMILES string of the molecule is COC(=O)[C@H](CCC(=O)N(C)CCc1cccc(Cl)c1)NC(=O)[C@H](CC1CCCCC1)NC(=O)OCc1cccc(Cl)c1. The van der Waals surface area contributed by atoms with Gasteiger partial charge < -0.3 is 25.0 Å². The van der Waals surface area contributed by atoms with Crippen LogP contribution < -0.4 is 10.6 Å². The highest BCUT2D eigenvalue weighted by Crippen LogP contribution is 2.27. The molecular formula is C32H41Cl2N3O6. The van der Waals surface area contributed by atoms with Crippen LogP contribution in [0, 0.1) is 5.92 Å². The highest BCUT2D eigenvalue weighted by Gasteiger charge is 2.31. The Morgan fingerprint density at radius 2 is 1.58 bits per heavy atom. The molecule has 43 heavy (non-hydrogen) atoms. The Bertz CT molecular complexity index is 1240. The molecule has 2 aromatic carbocycles. The van der Waals surface area contributed by atoms with Crippen LogP contribution in [0.4, 0.5) is 4.79 Å². The van der Waals surface area contributed by atoms with E-state index in [4.69, 9.17) is 32.7 Å². The first-order valence-corrected chi connectivity index (χ1v) is 15.4. The van der Waals surface area contributed by atoms with E-state index >= 15 is 0 Å². The summed E-state index contributed by atoms with van der Waals surface area (Å²) in [7, 11) is 2.92. The number of hydrogen-bond donors (Lipinski definition) is 2. The number of methoxy groups -OCH3 is 1. The maximum absolute atomic E-state index is 13.5. The average molecular weight is 635 g/mol. The summed E-state index contributed by atoms with van der Waals surface area (Å²) in [4.78, 5) is 53.2. The van der Waals surface area contributed by atoms with Crippen LogP contribution in [0.3, 0.4) is 0 Å². The van der Waals surface area contributed by atoms with Gasteiger partial charge in [0, 0.05) is 30.1 Å². The molecule has 0 spiro atoms. The lowest BCUT2D eigenvalue weighted by Gasteiger charge is -2.27. The second-order valence-corrected chi connectivity index (χ2v) is 11.8. The van der Waals surface area contributed by atoms with E-state index in [1.807, 2.05) is 18.2 Å². The first-order valence-electron chi connectivity index (χ1n) is 14.7. The third-order valence-corrected chi connectivity index (χ3v) is 8.13. The van der Waals surface area contributed by atoms with Gasteiger partial charge in [0.1, 0.15) is 18.7 Å². The van der Waals surface area contributed by atoms with Crippen molar-refractivity contribution >= 4 is 47.1 Å². The van der Waals surface area contributed by atoms with Crippen LogP contribution in [0.25, 0.3) is 0 Å². The maximum atomic E-state index is 13.5. The molecule has 0 radical (unpaired) electrons. The van der Waals surface area contributed by atoms with Crippen molar-refractivity contribution in [3.05, 3.63) is 69.7 Å². The number of alkyl carbamates (subject to hydrolysis) is 1. The molecule has 1 saturated carbocycles. The van der Waals surface area contributed by atoms with Crippen LogP contribution in [-0.2, 0) is 36.9 Å². The minimum atomic E-state index is -1.05. The zero-order chi connectivity index (χ0) is 31.2. The number of hydrogen-bond acceptors (Lipinski definition) is 6. The maximum Gasteiger partial charge on any atom is 0.408 e.